The second-order valence-corrected chi connectivity index (χ2v) is 8.18. The van der Waals surface area contributed by atoms with Crippen molar-refractivity contribution in [2.75, 3.05) is 19.7 Å². The molecule has 1 saturated heterocycles. The molecule has 0 radical (unpaired) electrons. The monoisotopic (exact) mass is 413 g/mol. The molecule has 0 aromatic rings. The number of allylic oxidation sites excluding steroid dienone is 4. The van der Waals surface area contributed by atoms with E-state index in [9.17, 15) is 9.90 Å². The minimum atomic E-state index is -0.558. The van der Waals surface area contributed by atoms with Crippen molar-refractivity contribution in [1.82, 2.24) is 4.90 Å². The van der Waals surface area contributed by atoms with Crippen molar-refractivity contribution in [3.8, 4) is 0 Å². The Labute approximate surface area is 158 Å². The summed E-state index contributed by atoms with van der Waals surface area (Å²) in [6.07, 6.45) is 3.97. The van der Waals surface area contributed by atoms with Crippen molar-refractivity contribution in [1.29, 1.82) is 0 Å². The summed E-state index contributed by atoms with van der Waals surface area (Å²) in [6.45, 7) is 9.81. The van der Waals surface area contributed by atoms with Crippen molar-refractivity contribution in [3.05, 3.63) is 33.6 Å². The number of likely N-dealkylation sites (tertiary alicyclic amines) is 1. The molecular formula is C18H28BrN3O3. The zero-order valence-corrected chi connectivity index (χ0v) is 17.2. The highest BCUT2D eigenvalue weighted by molar-refractivity contribution is 9.11. The number of halogens is 1. The van der Waals surface area contributed by atoms with Gasteiger partial charge in [0.05, 0.1) is 13.2 Å². The van der Waals surface area contributed by atoms with Crippen molar-refractivity contribution in [3.63, 3.8) is 0 Å². The molecule has 0 saturated carbocycles. The predicted octanol–water partition coefficient (Wildman–Crippen LogP) is 3.48. The number of nitrogens with zero attached hydrogens (tertiary/aromatic N) is 2. The Morgan fingerprint density at radius 1 is 1.40 bits per heavy atom. The number of hydrogen-bond donors (Lipinski definition) is 2. The molecule has 7 heteroatoms. The van der Waals surface area contributed by atoms with Gasteiger partial charge in [0.25, 0.3) is 0 Å². The van der Waals surface area contributed by atoms with Crippen LogP contribution in [0.5, 0.6) is 0 Å². The number of carbonyl (C=O) groups excluding carboxylic acids is 1. The van der Waals surface area contributed by atoms with E-state index in [0.717, 1.165) is 15.9 Å². The van der Waals surface area contributed by atoms with Gasteiger partial charge in [0, 0.05) is 35.6 Å². The van der Waals surface area contributed by atoms with E-state index in [-0.39, 0.29) is 19.2 Å². The van der Waals surface area contributed by atoms with Crippen molar-refractivity contribution < 1.29 is 14.6 Å². The van der Waals surface area contributed by atoms with E-state index in [1.54, 1.807) is 4.90 Å². The average Bonchev–Trinajstić information content (AvgIpc) is 2.50. The molecule has 0 aliphatic carbocycles. The molecule has 1 aliphatic rings. The van der Waals surface area contributed by atoms with Gasteiger partial charge in [-0.2, -0.15) is 0 Å². The Bertz CT molecular complexity index is 624. The Kier molecular flexibility index (Phi) is 7.89. The first-order chi connectivity index (χ1) is 11.5. The largest absolute Gasteiger partial charge is 0.444 e. The lowest BCUT2D eigenvalue weighted by molar-refractivity contribution is 0.0266. The highest BCUT2D eigenvalue weighted by Crippen LogP contribution is 2.20. The second-order valence-electron chi connectivity index (χ2n) is 6.93. The summed E-state index contributed by atoms with van der Waals surface area (Å²) in [7, 11) is 0. The molecule has 0 bridgehead atoms. The van der Waals surface area contributed by atoms with Crippen molar-refractivity contribution >= 4 is 27.7 Å². The number of aliphatic hydroxyl groups is 1. The third-order valence-corrected chi connectivity index (χ3v) is 3.66. The quantitative estimate of drug-likeness (QED) is 0.693. The molecule has 1 heterocycles. The van der Waals surface area contributed by atoms with Gasteiger partial charge >= 0.3 is 6.09 Å². The Morgan fingerprint density at radius 3 is 2.56 bits per heavy atom. The van der Waals surface area contributed by atoms with Gasteiger partial charge in [-0.3, -0.25) is 4.99 Å². The fourth-order valence-corrected chi connectivity index (χ4v) is 2.36. The highest BCUT2D eigenvalue weighted by Gasteiger charge is 2.28. The fraction of sp³-hybridized carbons (Fsp3) is 0.556. The molecule has 0 aromatic heterocycles. The summed E-state index contributed by atoms with van der Waals surface area (Å²) in [5.74, 6) is 0. The minimum Gasteiger partial charge on any atom is -0.444 e. The number of nitrogens with two attached hydrogens (primary N) is 1. The van der Waals surface area contributed by atoms with Gasteiger partial charge in [0.15, 0.2) is 0 Å². The van der Waals surface area contributed by atoms with Crippen molar-refractivity contribution in [2.45, 2.75) is 46.6 Å². The molecular weight excluding hydrogens is 386 g/mol. The van der Waals surface area contributed by atoms with E-state index in [4.69, 9.17) is 10.5 Å². The van der Waals surface area contributed by atoms with Crippen LogP contribution in [0, 0.1) is 0 Å². The van der Waals surface area contributed by atoms with E-state index in [1.165, 1.54) is 0 Å². The summed E-state index contributed by atoms with van der Waals surface area (Å²) in [5.41, 5.74) is 8.03. The van der Waals surface area contributed by atoms with Gasteiger partial charge in [-0.25, -0.2) is 4.79 Å². The first-order valence-corrected chi connectivity index (χ1v) is 8.97. The molecule has 0 unspecified atom stereocenters. The van der Waals surface area contributed by atoms with Crippen molar-refractivity contribution in [2.24, 2.45) is 10.7 Å². The van der Waals surface area contributed by atoms with Crippen LogP contribution in [0.25, 0.3) is 0 Å². The standard InChI is InChI=1S/C18H28BrN3O3/c1-12(19)6-7-13(2)21-16-8-9-22(10-14(16)15(20)11-23)17(24)25-18(3,4)5/h6-7,23H,8-11,20H2,1-5H3/b12-6+,13-7+,15-14-,21-16-. The maximum absolute atomic E-state index is 12.3. The van der Waals surface area contributed by atoms with Crippen LogP contribution in [0.3, 0.4) is 0 Å². The molecule has 1 rings (SSSR count). The van der Waals surface area contributed by atoms with Crippen LogP contribution in [0.2, 0.25) is 0 Å². The van der Waals surface area contributed by atoms with Crippen LogP contribution in [0.15, 0.2) is 38.6 Å². The molecule has 140 valence electrons. The van der Waals surface area contributed by atoms with Crippen LogP contribution in [0.4, 0.5) is 4.79 Å². The highest BCUT2D eigenvalue weighted by atomic mass is 79.9. The third kappa shape index (κ3) is 7.44. The number of ether oxygens (including phenoxy) is 1. The fourth-order valence-electron chi connectivity index (χ4n) is 2.23. The van der Waals surface area contributed by atoms with Gasteiger partial charge in [-0.15, -0.1) is 0 Å². The number of rotatable bonds is 3. The Hall–Kier alpha value is -1.60. The van der Waals surface area contributed by atoms with Crippen LogP contribution in [0.1, 0.15) is 41.0 Å². The Balaban J connectivity index is 3.04. The molecule has 1 fully saturated rings. The zero-order valence-electron chi connectivity index (χ0n) is 15.6. The van der Waals surface area contributed by atoms with E-state index >= 15 is 0 Å². The van der Waals surface area contributed by atoms with Crippen LogP contribution >= 0.6 is 15.9 Å². The van der Waals surface area contributed by atoms with Gasteiger partial charge in [-0.1, -0.05) is 22.0 Å². The SMILES string of the molecule is C\C(Br)=C/C=C(C)/N=C1/CCN(C(=O)OC(C)(C)C)C/C1=C(/N)CO. The Morgan fingerprint density at radius 2 is 2.04 bits per heavy atom. The normalized spacial score (nSPS) is 20.8. The van der Waals surface area contributed by atoms with Crippen LogP contribution in [-0.2, 0) is 4.74 Å². The first-order valence-electron chi connectivity index (χ1n) is 8.18. The lowest BCUT2D eigenvalue weighted by atomic mass is 10.00. The summed E-state index contributed by atoms with van der Waals surface area (Å²) in [6, 6.07) is 0. The molecule has 0 aromatic carbocycles. The molecule has 6 nitrogen and oxygen atoms in total. The van der Waals surface area contributed by atoms with Gasteiger partial charge in [-0.05, 0) is 45.2 Å². The van der Waals surface area contributed by atoms with E-state index in [2.05, 4.69) is 20.9 Å². The zero-order chi connectivity index (χ0) is 19.2. The molecule has 1 amide bonds. The van der Waals surface area contributed by atoms with E-state index in [0.29, 0.717) is 24.2 Å². The average molecular weight is 414 g/mol. The lowest BCUT2D eigenvalue weighted by Gasteiger charge is -2.32. The summed E-state index contributed by atoms with van der Waals surface area (Å²) in [5, 5.41) is 9.42. The van der Waals surface area contributed by atoms with Gasteiger partial charge in [0.1, 0.15) is 5.60 Å². The number of aliphatic hydroxyl groups excluding tert-OH is 1. The maximum Gasteiger partial charge on any atom is 0.410 e. The molecule has 25 heavy (non-hydrogen) atoms. The van der Waals surface area contributed by atoms with Gasteiger partial charge < -0.3 is 20.5 Å². The van der Waals surface area contributed by atoms with Crippen LogP contribution in [-0.4, -0.2) is 47.1 Å². The molecule has 0 atom stereocenters. The number of amides is 1. The summed E-state index contributed by atoms with van der Waals surface area (Å²) in [4.78, 5) is 18.5. The lowest BCUT2D eigenvalue weighted by Crippen LogP contribution is -2.44. The summed E-state index contributed by atoms with van der Waals surface area (Å²) < 4.78 is 6.41. The maximum atomic E-state index is 12.3. The number of hydrogen-bond acceptors (Lipinski definition) is 5. The van der Waals surface area contributed by atoms with E-state index < -0.39 is 5.60 Å². The second kappa shape index (κ2) is 9.20. The third-order valence-electron chi connectivity index (χ3n) is 3.39. The number of aliphatic imine (C=N–C) groups is 1. The predicted molar refractivity (Wildman–Crippen MR) is 105 cm³/mol. The number of carbonyl (C=O) groups is 1. The first kappa shape index (κ1) is 21.4. The van der Waals surface area contributed by atoms with Gasteiger partial charge in [0.2, 0.25) is 0 Å². The molecule has 3 N–H and O–H groups in total. The smallest absolute Gasteiger partial charge is 0.410 e. The number of piperidine rings is 1. The topological polar surface area (TPSA) is 88.2 Å². The van der Waals surface area contributed by atoms with Crippen LogP contribution < -0.4 is 5.73 Å². The van der Waals surface area contributed by atoms with E-state index in [1.807, 2.05) is 46.8 Å². The summed E-state index contributed by atoms with van der Waals surface area (Å²) >= 11 is 3.37. The molecule has 1 aliphatic heterocycles. The minimum absolute atomic E-state index is 0.278. The molecule has 0 spiro atoms.